The molecule has 0 radical (unpaired) electrons. The predicted molar refractivity (Wildman–Crippen MR) is 97.6 cm³/mol. The average molecular weight is 346 g/mol. The summed E-state index contributed by atoms with van der Waals surface area (Å²) in [6.45, 7) is 4.42. The van der Waals surface area contributed by atoms with Gasteiger partial charge in [-0.25, -0.2) is 0 Å². The van der Waals surface area contributed by atoms with Crippen molar-refractivity contribution in [1.82, 2.24) is 0 Å². The molecule has 0 saturated heterocycles. The summed E-state index contributed by atoms with van der Waals surface area (Å²) in [7, 11) is -1.62. The maximum absolute atomic E-state index is 11.5. The molecule has 0 bridgehead atoms. The smallest absolute Gasteiger partial charge is 0.148 e. The first-order chi connectivity index (χ1) is 11.0. The molecule has 0 saturated carbocycles. The summed E-state index contributed by atoms with van der Waals surface area (Å²) in [5, 5.41) is 5.32. The highest BCUT2D eigenvalue weighted by Crippen LogP contribution is 2.51. The molecule has 1 aliphatic rings. The van der Waals surface area contributed by atoms with Crippen molar-refractivity contribution in [2.24, 2.45) is 0 Å². The predicted octanol–water partition coefficient (Wildman–Crippen LogP) is 4.01. The number of rotatable bonds is 3. The van der Waals surface area contributed by atoms with Crippen LogP contribution in [-0.2, 0) is 4.79 Å². The molecule has 2 N–H and O–H groups in total. The van der Waals surface area contributed by atoms with Crippen LogP contribution in [0.25, 0.3) is 5.31 Å². The second-order valence-electron chi connectivity index (χ2n) is 5.69. The highest BCUT2D eigenvalue weighted by Gasteiger charge is 2.26. The van der Waals surface area contributed by atoms with Crippen molar-refractivity contribution in [2.75, 3.05) is 11.9 Å². The van der Waals surface area contributed by atoms with Crippen molar-refractivity contribution in [3.8, 4) is 0 Å². The molecule has 0 fully saturated rings. The third-order valence-electron chi connectivity index (χ3n) is 3.82. The number of aryl methyl sites for hydroxylation is 2. The normalized spacial score (nSPS) is 15.0. The standard InChI is InChI=1S/C18H17ClNO2P/c1-11-5-12(2)7-15(6-11)23(22)18-13(10-21)9-20-17-4-3-14(19)8-16(17)18/h3-8,10,20,22H,9H2,1-2H3. The zero-order chi connectivity index (χ0) is 16.6. The lowest BCUT2D eigenvalue weighted by Crippen LogP contribution is -2.16. The Morgan fingerprint density at radius 3 is 2.52 bits per heavy atom. The fraction of sp³-hybridized carbons (Fsp3) is 0.167. The van der Waals surface area contributed by atoms with Crippen LogP contribution in [0.4, 0.5) is 5.69 Å². The first kappa shape index (κ1) is 16.2. The van der Waals surface area contributed by atoms with Crippen molar-refractivity contribution in [3.05, 3.63) is 63.7 Å². The van der Waals surface area contributed by atoms with E-state index >= 15 is 0 Å². The molecule has 0 aromatic heterocycles. The van der Waals surface area contributed by atoms with E-state index in [0.29, 0.717) is 22.5 Å². The minimum atomic E-state index is -1.62. The zero-order valence-electron chi connectivity index (χ0n) is 12.9. The minimum Gasteiger partial charge on any atom is -0.380 e. The summed E-state index contributed by atoms with van der Waals surface area (Å²) >= 11 is 6.12. The van der Waals surface area contributed by atoms with Crippen LogP contribution in [0, 0.1) is 13.8 Å². The number of aldehydes is 1. The van der Waals surface area contributed by atoms with E-state index in [1.165, 1.54) is 0 Å². The molecule has 3 rings (SSSR count). The van der Waals surface area contributed by atoms with E-state index < -0.39 is 8.15 Å². The van der Waals surface area contributed by atoms with E-state index in [-0.39, 0.29) is 0 Å². The summed E-state index contributed by atoms with van der Waals surface area (Å²) < 4.78 is 0. The summed E-state index contributed by atoms with van der Waals surface area (Å²) in [4.78, 5) is 22.5. The SMILES string of the molecule is Cc1cc(C)cc(P(O)C2=C(C=O)CNc3ccc(Cl)cc32)c1. The van der Waals surface area contributed by atoms with E-state index in [9.17, 15) is 9.69 Å². The van der Waals surface area contributed by atoms with Crippen LogP contribution >= 0.6 is 19.7 Å². The summed E-state index contributed by atoms with van der Waals surface area (Å²) in [6, 6.07) is 11.5. The number of hydrogen-bond acceptors (Lipinski definition) is 3. The Bertz CT molecular complexity index is 796. The first-order valence-electron chi connectivity index (χ1n) is 7.29. The first-order valence-corrected chi connectivity index (χ1v) is 8.96. The molecule has 1 heterocycles. The number of hydrogen-bond donors (Lipinski definition) is 2. The van der Waals surface area contributed by atoms with Crippen molar-refractivity contribution in [3.63, 3.8) is 0 Å². The van der Waals surface area contributed by atoms with Gasteiger partial charge < -0.3 is 10.2 Å². The van der Waals surface area contributed by atoms with Crippen molar-refractivity contribution in [1.29, 1.82) is 0 Å². The van der Waals surface area contributed by atoms with Crippen molar-refractivity contribution in [2.45, 2.75) is 13.8 Å². The Morgan fingerprint density at radius 1 is 1.17 bits per heavy atom. The second-order valence-corrected chi connectivity index (χ2v) is 7.72. The second kappa shape index (κ2) is 6.45. The quantitative estimate of drug-likeness (QED) is 0.653. The van der Waals surface area contributed by atoms with Gasteiger partial charge in [0.25, 0.3) is 0 Å². The summed E-state index contributed by atoms with van der Waals surface area (Å²) in [6.07, 6.45) is 0.820. The maximum atomic E-state index is 11.5. The van der Waals surface area contributed by atoms with Crippen LogP contribution in [0.1, 0.15) is 16.7 Å². The molecule has 0 spiro atoms. The van der Waals surface area contributed by atoms with Crippen molar-refractivity contribution >= 4 is 42.3 Å². The fourth-order valence-corrected chi connectivity index (χ4v) is 4.76. The van der Waals surface area contributed by atoms with Gasteiger partial charge in [0, 0.05) is 39.0 Å². The summed E-state index contributed by atoms with van der Waals surface area (Å²) in [5.74, 6) is 0. The number of nitrogens with one attached hydrogen (secondary N) is 1. The van der Waals surface area contributed by atoms with Crippen molar-refractivity contribution < 1.29 is 9.69 Å². The highest BCUT2D eigenvalue weighted by molar-refractivity contribution is 7.70. The minimum absolute atomic E-state index is 0.414. The van der Waals surface area contributed by atoms with Gasteiger partial charge in [-0.3, -0.25) is 4.79 Å². The Hall–Kier alpha value is -1.67. The Morgan fingerprint density at radius 2 is 1.87 bits per heavy atom. The van der Waals surface area contributed by atoms with Gasteiger partial charge in [-0.05, 0) is 44.2 Å². The molecule has 1 unspecified atom stereocenters. The number of anilines is 1. The van der Waals surface area contributed by atoms with Crippen LogP contribution in [0.2, 0.25) is 5.02 Å². The van der Waals surface area contributed by atoms with Gasteiger partial charge in [-0.15, -0.1) is 0 Å². The van der Waals surface area contributed by atoms with Gasteiger partial charge in [-0.2, -0.15) is 0 Å². The Kier molecular flexibility index (Phi) is 4.54. The van der Waals surface area contributed by atoms with Gasteiger partial charge in [0.1, 0.15) is 6.29 Å². The number of carbonyl (C=O) groups excluding carboxylic acids is 1. The Labute approximate surface area is 141 Å². The topological polar surface area (TPSA) is 49.3 Å². The van der Waals surface area contributed by atoms with Crippen LogP contribution < -0.4 is 10.6 Å². The van der Waals surface area contributed by atoms with E-state index in [4.69, 9.17) is 11.6 Å². The van der Waals surface area contributed by atoms with E-state index in [2.05, 4.69) is 11.4 Å². The van der Waals surface area contributed by atoms with Crippen LogP contribution in [0.3, 0.4) is 0 Å². The van der Waals surface area contributed by atoms with Crippen LogP contribution in [0.15, 0.2) is 42.0 Å². The molecule has 23 heavy (non-hydrogen) atoms. The number of benzene rings is 2. The maximum Gasteiger partial charge on any atom is 0.148 e. The Balaban J connectivity index is 2.17. The molecular weight excluding hydrogens is 329 g/mol. The molecule has 2 aromatic carbocycles. The molecule has 5 heteroatoms. The van der Waals surface area contributed by atoms with Gasteiger partial charge in [0.2, 0.25) is 0 Å². The van der Waals surface area contributed by atoms with Gasteiger partial charge in [-0.1, -0.05) is 28.8 Å². The molecule has 1 atom stereocenters. The molecule has 3 nitrogen and oxygen atoms in total. The third kappa shape index (κ3) is 3.18. The zero-order valence-corrected chi connectivity index (χ0v) is 14.6. The molecule has 0 amide bonds. The number of halogens is 1. The summed E-state index contributed by atoms with van der Waals surface area (Å²) in [5.41, 5.74) is 4.46. The van der Waals surface area contributed by atoms with Gasteiger partial charge >= 0.3 is 0 Å². The average Bonchev–Trinajstić information content (AvgIpc) is 2.52. The largest absolute Gasteiger partial charge is 0.380 e. The van der Waals surface area contributed by atoms with E-state index in [1.54, 1.807) is 12.1 Å². The lowest BCUT2D eigenvalue weighted by Gasteiger charge is -2.26. The monoisotopic (exact) mass is 345 g/mol. The molecule has 1 aliphatic heterocycles. The third-order valence-corrected chi connectivity index (χ3v) is 5.75. The van der Waals surface area contributed by atoms with E-state index in [1.807, 2.05) is 32.0 Å². The molecule has 118 valence electrons. The lowest BCUT2D eigenvalue weighted by molar-refractivity contribution is -0.104. The van der Waals surface area contributed by atoms with Crippen LogP contribution in [-0.4, -0.2) is 17.7 Å². The van der Waals surface area contributed by atoms with Gasteiger partial charge in [0.15, 0.2) is 0 Å². The number of carbonyl (C=O) groups is 1. The van der Waals surface area contributed by atoms with Gasteiger partial charge in [0.05, 0.1) is 8.15 Å². The molecule has 0 aliphatic carbocycles. The van der Waals surface area contributed by atoms with Crippen LogP contribution in [0.5, 0.6) is 0 Å². The number of fused-ring (bicyclic) bond motifs is 1. The highest BCUT2D eigenvalue weighted by atomic mass is 35.5. The fourth-order valence-electron chi connectivity index (χ4n) is 2.86. The molecule has 2 aromatic rings. The van der Waals surface area contributed by atoms with E-state index in [0.717, 1.165) is 34.0 Å². The lowest BCUT2D eigenvalue weighted by atomic mass is 10.0. The molecular formula is C18H17ClNO2P.